The molecule has 1 aromatic rings. The van der Waals surface area contributed by atoms with Gasteiger partial charge in [0, 0.05) is 39.0 Å². The first-order chi connectivity index (χ1) is 13.1. The van der Waals surface area contributed by atoms with E-state index in [1.54, 1.807) is 7.11 Å². The second-order valence-electron chi connectivity index (χ2n) is 7.83. The molecule has 3 aliphatic rings. The maximum absolute atomic E-state index is 13.0. The smallest absolute Gasteiger partial charge is 0.307 e. The van der Waals surface area contributed by atoms with Gasteiger partial charge in [0.2, 0.25) is 5.91 Å². The van der Waals surface area contributed by atoms with Gasteiger partial charge in [-0.05, 0) is 41.9 Å². The summed E-state index contributed by atoms with van der Waals surface area (Å²) < 4.78 is 5.13. The van der Waals surface area contributed by atoms with Crippen molar-refractivity contribution in [3.63, 3.8) is 0 Å². The van der Waals surface area contributed by atoms with Crippen molar-refractivity contribution in [3.05, 3.63) is 41.5 Å². The highest BCUT2D eigenvalue weighted by Crippen LogP contribution is 2.48. The summed E-state index contributed by atoms with van der Waals surface area (Å²) in [4.78, 5) is 27.0. The number of anilines is 1. The molecule has 2 aliphatic carbocycles. The highest BCUT2D eigenvalue weighted by atomic mass is 16.5. The molecule has 0 aromatic heterocycles. The third-order valence-corrected chi connectivity index (χ3v) is 6.18. The van der Waals surface area contributed by atoms with Crippen molar-refractivity contribution >= 4 is 17.6 Å². The molecule has 2 N–H and O–H groups in total. The van der Waals surface area contributed by atoms with E-state index in [1.165, 1.54) is 5.56 Å². The molecule has 6 heteroatoms. The molecule has 27 heavy (non-hydrogen) atoms. The Balaban J connectivity index is 1.47. The summed E-state index contributed by atoms with van der Waals surface area (Å²) in [5.41, 5.74) is 3.20. The van der Waals surface area contributed by atoms with Gasteiger partial charge < -0.3 is 15.2 Å². The highest BCUT2D eigenvalue weighted by Gasteiger charge is 2.51. The van der Waals surface area contributed by atoms with Gasteiger partial charge in [-0.25, -0.2) is 0 Å². The van der Waals surface area contributed by atoms with E-state index in [1.807, 2.05) is 24.3 Å². The van der Waals surface area contributed by atoms with Crippen LogP contribution in [-0.4, -0.2) is 42.1 Å². The van der Waals surface area contributed by atoms with Crippen LogP contribution in [0.25, 0.3) is 0 Å². The molecule has 4 atom stereocenters. The Morgan fingerprint density at radius 2 is 2.00 bits per heavy atom. The number of fused-ring (bicyclic) bond motifs is 3. The van der Waals surface area contributed by atoms with Gasteiger partial charge in [-0.3, -0.25) is 14.5 Å². The number of amides is 1. The minimum absolute atomic E-state index is 0.0129. The fourth-order valence-electron chi connectivity index (χ4n) is 4.93. The van der Waals surface area contributed by atoms with Gasteiger partial charge in [0.15, 0.2) is 0 Å². The molecule has 144 valence electrons. The summed E-state index contributed by atoms with van der Waals surface area (Å²) in [6.07, 6.45) is 5.73. The van der Waals surface area contributed by atoms with E-state index in [2.05, 4.69) is 16.3 Å². The minimum Gasteiger partial charge on any atom is -0.481 e. The normalized spacial score (nSPS) is 28.5. The zero-order valence-corrected chi connectivity index (χ0v) is 15.6. The summed E-state index contributed by atoms with van der Waals surface area (Å²) in [5.74, 6) is -2.09. The van der Waals surface area contributed by atoms with E-state index in [0.29, 0.717) is 0 Å². The summed E-state index contributed by atoms with van der Waals surface area (Å²) in [6.45, 7) is 3.37. The first-order valence-corrected chi connectivity index (χ1v) is 9.62. The van der Waals surface area contributed by atoms with Crippen molar-refractivity contribution < 1.29 is 19.4 Å². The summed E-state index contributed by atoms with van der Waals surface area (Å²) in [5, 5.41) is 12.6. The van der Waals surface area contributed by atoms with E-state index >= 15 is 0 Å². The number of nitrogens with zero attached hydrogens (tertiary/aromatic N) is 1. The number of carboxylic acids is 1. The molecule has 1 fully saturated rings. The van der Waals surface area contributed by atoms with Crippen LogP contribution in [0, 0.1) is 23.7 Å². The molecule has 0 spiro atoms. The summed E-state index contributed by atoms with van der Waals surface area (Å²) in [6, 6.07) is 5.98. The monoisotopic (exact) mass is 370 g/mol. The maximum Gasteiger partial charge on any atom is 0.307 e. The van der Waals surface area contributed by atoms with Crippen LogP contribution in [0.2, 0.25) is 0 Å². The molecule has 1 amide bonds. The Hall–Kier alpha value is -2.18. The third kappa shape index (κ3) is 3.39. The Morgan fingerprint density at radius 3 is 2.74 bits per heavy atom. The van der Waals surface area contributed by atoms with E-state index in [9.17, 15) is 14.7 Å². The molecule has 6 nitrogen and oxygen atoms in total. The number of carbonyl (C=O) groups is 2. The minimum atomic E-state index is -0.866. The Kier molecular flexibility index (Phi) is 5.02. The predicted octanol–water partition coefficient (Wildman–Crippen LogP) is 2.50. The molecule has 1 heterocycles. The number of rotatable bonds is 7. The Bertz CT molecular complexity index is 775. The number of allylic oxidation sites excluding steroid dienone is 2. The number of hydrogen-bond donors (Lipinski definition) is 2. The third-order valence-electron chi connectivity index (χ3n) is 6.18. The molecule has 1 aliphatic heterocycles. The van der Waals surface area contributed by atoms with Gasteiger partial charge >= 0.3 is 5.97 Å². The van der Waals surface area contributed by atoms with Crippen LogP contribution in [-0.2, 0) is 27.4 Å². The standard InChI is InChI=1S/C21H26N2O4/c1-27-9-3-8-23-11-15-4-2-5-17(16(15)12-23)22-20(24)18-13-6-7-14(10-13)19(18)21(25)26/h2,4-7,13-14,18-19H,3,8-12H2,1H3,(H,22,24)(H,25,26). The molecule has 4 unspecified atom stereocenters. The number of aliphatic carboxylic acids is 1. The molecule has 4 rings (SSSR count). The van der Waals surface area contributed by atoms with Crippen molar-refractivity contribution in [1.82, 2.24) is 4.90 Å². The van der Waals surface area contributed by atoms with Crippen LogP contribution < -0.4 is 5.32 Å². The quantitative estimate of drug-likeness (QED) is 0.570. The van der Waals surface area contributed by atoms with Crippen LogP contribution in [0.3, 0.4) is 0 Å². The van der Waals surface area contributed by atoms with Crippen molar-refractivity contribution in [3.8, 4) is 0 Å². The van der Waals surface area contributed by atoms with E-state index in [4.69, 9.17) is 4.74 Å². The predicted molar refractivity (Wildman–Crippen MR) is 101 cm³/mol. The van der Waals surface area contributed by atoms with Crippen molar-refractivity contribution in [2.45, 2.75) is 25.9 Å². The number of ether oxygens (including phenoxy) is 1. The second kappa shape index (κ2) is 7.44. The van der Waals surface area contributed by atoms with Crippen LogP contribution in [0.15, 0.2) is 30.4 Å². The number of methoxy groups -OCH3 is 1. The zero-order chi connectivity index (χ0) is 19.0. The number of carboxylic acid groups (broad SMARTS) is 1. The average molecular weight is 370 g/mol. The topological polar surface area (TPSA) is 78.9 Å². The molecule has 2 bridgehead atoms. The Labute approximate surface area is 159 Å². The number of benzene rings is 1. The average Bonchev–Trinajstić information content (AvgIpc) is 3.35. The maximum atomic E-state index is 13.0. The molecular weight excluding hydrogens is 344 g/mol. The molecule has 1 saturated carbocycles. The summed E-state index contributed by atoms with van der Waals surface area (Å²) in [7, 11) is 1.71. The van der Waals surface area contributed by atoms with Gasteiger partial charge in [-0.2, -0.15) is 0 Å². The second-order valence-corrected chi connectivity index (χ2v) is 7.83. The lowest BCUT2D eigenvalue weighted by atomic mass is 9.82. The SMILES string of the molecule is COCCCN1Cc2cccc(NC(=O)C3C4C=CC(C4)C3C(=O)O)c2C1. The van der Waals surface area contributed by atoms with E-state index < -0.39 is 17.8 Å². The fourth-order valence-corrected chi connectivity index (χ4v) is 4.93. The zero-order valence-electron chi connectivity index (χ0n) is 15.6. The lowest BCUT2D eigenvalue weighted by Gasteiger charge is -2.24. The molecule has 0 saturated heterocycles. The van der Waals surface area contributed by atoms with Crippen LogP contribution in [0.5, 0.6) is 0 Å². The van der Waals surface area contributed by atoms with Crippen molar-refractivity contribution in [1.29, 1.82) is 0 Å². The molecule has 1 aromatic carbocycles. The van der Waals surface area contributed by atoms with E-state index in [0.717, 1.165) is 50.3 Å². The lowest BCUT2D eigenvalue weighted by molar-refractivity contribution is -0.146. The number of carbonyl (C=O) groups excluding carboxylic acids is 1. The molecule has 0 radical (unpaired) electrons. The number of nitrogens with one attached hydrogen (secondary N) is 1. The first kappa shape index (κ1) is 18.2. The van der Waals surface area contributed by atoms with Crippen LogP contribution in [0.1, 0.15) is 24.0 Å². The van der Waals surface area contributed by atoms with Crippen LogP contribution >= 0.6 is 0 Å². The highest BCUT2D eigenvalue weighted by molar-refractivity contribution is 5.97. The van der Waals surface area contributed by atoms with Gasteiger partial charge in [-0.15, -0.1) is 0 Å². The lowest BCUT2D eigenvalue weighted by Crippen LogP contribution is -2.36. The van der Waals surface area contributed by atoms with Gasteiger partial charge in [0.25, 0.3) is 0 Å². The van der Waals surface area contributed by atoms with Gasteiger partial charge in [0.05, 0.1) is 11.8 Å². The van der Waals surface area contributed by atoms with Gasteiger partial charge in [-0.1, -0.05) is 24.3 Å². The molecular formula is C21H26N2O4. The first-order valence-electron chi connectivity index (χ1n) is 9.62. The van der Waals surface area contributed by atoms with Crippen LogP contribution in [0.4, 0.5) is 5.69 Å². The van der Waals surface area contributed by atoms with Crippen molar-refractivity contribution in [2.24, 2.45) is 23.7 Å². The number of hydrogen-bond acceptors (Lipinski definition) is 4. The Morgan fingerprint density at radius 1 is 1.22 bits per heavy atom. The van der Waals surface area contributed by atoms with Gasteiger partial charge in [0.1, 0.15) is 0 Å². The van der Waals surface area contributed by atoms with Crippen molar-refractivity contribution in [2.75, 3.05) is 25.6 Å². The van der Waals surface area contributed by atoms with E-state index in [-0.39, 0.29) is 17.7 Å². The summed E-state index contributed by atoms with van der Waals surface area (Å²) >= 11 is 0. The fraction of sp³-hybridized carbons (Fsp3) is 0.524. The largest absolute Gasteiger partial charge is 0.481 e.